The highest BCUT2D eigenvalue weighted by molar-refractivity contribution is 7.91. The van der Waals surface area contributed by atoms with E-state index in [1.807, 2.05) is 27.3 Å². The highest BCUT2D eigenvalue weighted by atomic mass is 32.2. The van der Waals surface area contributed by atoms with Gasteiger partial charge in [-0.1, -0.05) is 18.2 Å². The van der Waals surface area contributed by atoms with E-state index in [0.717, 1.165) is 11.5 Å². The maximum atomic E-state index is 12.3. The van der Waals surface area contributed by atoms with Gasteiger partial charge in [-0.2, -0.15) is 0 Å². The van der Waals surface area contributed by atoms with E-state index in [1.165, 1.54) is 0 Å². The summed E-state index contributed by atoms with van der Waals surface area (Å²) in [5.41, 5.74) is 0. The molecule has 0 unspecified atom stereocenters. The monoisotopic (exact) mass is 364 g/mol. The Morgan fingerprint density at radius 1 is 1.04 bits per heavy atom. The Balaban J connectivity index is 1.49. The number of thiophene rings is 1. The largest absolute Gasteiger partial charge is 0.301 e. The fourth-order valence-corrected chi connectivity index (χ4v) is 4.88. The Labute approximate surface area is 146 Å². The van der Waals surface area contributed by atoms with E-state index in [0.29, 0.717) is 31.0 Å². The normalized spacial score (nSPS) is 16.5. The second kappa shape index (κ2) is 7.46. The van der Waals surface area contributed by atoms with Crippen molar-refractivity contribution in [1.29, 1.82) is 0 Å². The predicted octanol–water partition coefficient (Wildman–Crippen LogP) is 2.26. The van der Waals surface area contributed by atoms with Gasteiger partial charge in [-0.25, -0.2) is 8.42 Å². The average Bonchev–Trinajstić information content (AvgIpc) is 3.10. The zero-order valence-corrected chi connectivity index (χ0v) is 14.9. The van der Waals surface area contributed by atoms with Crippen LogP contribution in [0.15, 0.2) is 52.7 Å². The molecule has 5 nitrogen and oxygen atoms in total. The number of carbonyl (C=O) groups excluding carboxylic acids is 1. The van der Waals surface area contributed by atoms with Crippen LogP contribution in [0.5, 0.6) is 0 Å². The number of hydrogen-bond donors (Lipinski definition) is 0. The smallest absolute Gasteiger partial charge is 0.241 e. The molecule has 24 heavy (non-hydrogen) atoms. The highest BCUT2D eigenvalue weighted by Crippen LogP contribution is 2.23. The van der Waals surface area contributed by atoms with Crippen LogP contribution in [-0.4, -0.2) is 51.2 Å². The van der Waals surface area contributed by atoms with Gasteiger partial charge in [0.15, 0.2) is 9.84 Å². The zero-order valence-electron chi connectivity index (χ0n) is 13.3. The Morgan fingerprint density at radius 2 is 1.83 bits per heavy atom. The molecule has 1 amide bonds. The molecule has 0 bridgehead atoms. The number of anilines is 1. The van der Waals surface area contributed by atoms with Crippen molar-refractivity contribution in [3.63, 3.8) is 0 Å². The molecule has 2 heterocycles. The van der Waals surface area contributed by atoms with Crippen LogP contribution in [0, 0.1) is 0 Å². The zero-order chi connectivity index (χ0) is 17.0. The van der Waals surface area contributed by atoms with Crippen LogP contribution >= 0.6 is 11.3 Å². The minimum Gasteiger partial charge on any atom is -0.301 e. The number of hydrogen-bond acceptors (Lipinski definition) is 5. The summed E-state index contributed by atoms with van der Waals surface area (Å²) in [6, 6.07) is 12.4. The van der Waals surface area contributed by atoms with Crippen molar-refractivity contribution in [3.05, 3.63) is 47.8 Å². The van der Waals surface area contributed by atoms with Gasteiger partial charge < -0.3 is 4.90 Å². The molecule has 1 aliphatic heterocycles. The van der Waals surface area contributed by atoms with Crippen molar-refractivity contribution in [1.82, 2.24) is 4.90 Å². The number of sulfone groups is 1. The summed E-state index contributed by atoms with van der Waals surface area (Å²) in [5, 5.41) is 2.94. The Kier molecular flexibility index (Phi) is 5.33. The number of carbonyl (C=O) groups is 1. The first kappa shape index (κ1) is 17.1. The third kappa shape index (κ3) is 4.03. The van der Waals surface area contributed by atoms with Crippen molar-refractivity contribution < 1.29 is 13.2 Å². The first-order valence-corrected chi connectivity index (χ1v) is 10.4. The molecule has 0 radical (unpaired) electrons. The third-order valence-electron chi connectivity index (χ3n) is 4.06. The van der Waals surface area contributed by atoms with Gasteiger partial charge in [0.25, 0.3) is 0 Å². The average molecular weight is 364 g/mol. The van der Waals surface area contributed by atoms with Crippen molar-refractivity contribution in [2.75, 3.05) is 36.8 Å². The van der Waals surface area contributed by atoms with Gasteiger partial charge in [0.05, 0.1) is 22.2 Å². The SMILES string of the molecule is O=C1CN(CCCS(=O)(=O)c2ccccc2)CCN1c1cccs1. The molecule has 0 atom stereocenters. The molecule has 0 saturated carbocycles. The van der Waals surface area contributed by atoms with Crippen LogP contribution in [0.4, 0.5) is 5.00 Å². The number of benzene rings is 1. The van der Waals surface area contributed by atoms with Gasteiger partial charge in [-0.05, 0) is 42.6 Å². The molecule has 1 saturated heterocycles. The standard InChI is InChI=1S/C17H20N2O3S2/c20-16-14-18(10-11-19(16)17-8-4-12-23-17)9-5-13-24(21,22)15-6-2-1-3-7-15/h1-4,6-8,12H,5,9-11,13-14H2. The first-order valence-electron chi connectivity index (χ1n) is 7.90. The van der Waals surface area contributed by atoms with Crippen LogP contribution in [-0.2, 0) is 14.6 Å². The van der Waals surface area contributed by atoms with E-state index >= 15 is 0 Å². The summed E-state index contributed by atoms with van der Waals surface area (Å²) in [6.07, 6.45) is 0.531. The summed E-state index contributed by atoms with van der Waals surface area (Å²) in [5.74, 6) is 0.186. The highest BCUT2D eigenvalue weighted by Gasteiger charge is 2.25. The van der Waals surface area contributed by atoms with Crippen LogP contribution in [0.2, 0.25) is 0 Å². The van der Waals surface area contributed by atoms with Crippen molar-refractivity contribution in [3.8, 4) is 0 Å². The van der Waals surface area contributed by atoms with Gasteiger partial charge in [-0.3, -0.25) is 9.69 Å². The van der Waals surface area contributed by atoms with Crippen LogP contribution in [0.25, 0.3) is 0 Å². The topological polar surface area (TPSA) is 57.7 Å². The van der Waals surface area contributed by atoms with Crippen LogP contribution < -0.4 is 4.90 Å². The molecule has 2 aromatic rings. The van der Waals surface area contributed by atoms with Crippen molar-refractivity contribution in [2.24, 2.45) is 0 Å². The summed E-state index contributed by atoms with van der Waals surface area (Å²) >= 11 is 1.56. The molecule has 0 spiro atoms. The van der Waals surface area contributed by atoms with Crippen LogP contribution in [0.1, 0.15) is 6.42 Å². The lowest BCUT2D eigenvalue weighted by atomic mass is 10.3. The summed E-state index contributed by atoms with van der Waals surface area (Å²) < 4.78 is 24.5. The van der Waals surface area contributed by atoms with Gasteiger partial charge >= 0.3 is 0 Å². The lowest BCUT2D eigenvalue weighted by Crippen LogP contribution is -2.50. The van der Waals surface area contributed by atoms with E-state index in [2.05, 4.69) is 0 Å². The summed E-state index contributed by atoms with van der Waals surface area (Å²) in [7, 11) is -3.24. The van der Waals surface area contributed by atoms with Gasteiger partial charge in [0.2, 0.25) is 5.91 Å². The number of piperazine rings is 1. The minimum absolute atomic E-state index is 0.0783. The fourth-order valence-electron chi connectivity index (χ4n) is 2.79. The van der Waals surface area contributed by atoms with Crippen molar-refractivity contribution >= 4 is 32.1 Å². The van der Waals surface area contributed by atoms with Gasteiger partial charge in [0.1, 0.15) is 0 Å². The van der Waals surface area contributed by atoms with Gasteiger partial charge in [0, 0.05) is 13.1 Å². The maximum absolute atomic E-state index is 12.3. The lowest BCUT2D eigenvalue weighted by Gasteiger charge is -2.33. The molecular weight excluding hydrogens is 344 g/mol. The van der Waals surface area contributed by atoms with Gasteiger partial charge in [-0.15, -0.1) is 11.3 Å². The molecule has 1 aliphatic rings. The minimum atomic E-state index is -3.24. The molecule has 1 fully saturated rings. The molecule has 0 N–H and O–H groups in total. The number of rotatable bonds is 6. The van der Waals surface area contributed by atoms with E-state index < -0.39 is 9.84 Å². The molecule has 7 heteroatoms. The van der Waals surface area contributed by atoms with E-state index in [-0.39, 0.29) is 11.7 Å². The number of nitrogens with zero attached hydrogens (tertiary/aromatic N) is 2. The summed E-state index contributed by atoms with van der Waals surface area (Å²) in [6.45, 7) is 2.40. The Hall–Kier alpha value is -1.70. The Bertz CT molecular complexity index is 773. The van der Waals surface area contributed by atoms with E-state index in [1.54, 1.807) is 41.7 Å². The third-order valence-corrected chi connectivity index (χ3v) is 6.77. The molecular formula is C17H20N2O3S2. The van der Waals surface area contributed by atoms with Crippen molar-refractivity contribution in [2.45, 2.75) is 11.3 Å². The molecule has 128 valence electrons. The molecule has 3 rings (SSSR count). The second-order valence-electron chi connectivity index (χ2n) is 5.76. The van der Waals surface area contributed by atoms with E-state index in [4.69, 9.17) is 0 Å². The van der Waals surface area contributed by atoms with E-state index in [9.17, 15) is 13.2 Å². The molecule has 1 aromatic carbocycles. The molecule has 0 aliphatic carbocycles. The maximum Gasteiger partial charge on any atom is 0.241 e. The second-order valence-corrected chi connectivity index (χ2v) is 8.79. The number of amides is 1. The first-order chi connectivity index (χ1) is 11.6. The predicted molar refractivity (Wildman–Crippen MR) is 96.2 cm³/mol. The van der Waals surface area contributed by atoms with Crippen LogP contribution in [0.3, 0.4) is 0 Å². The molecule has 1 aromatic heterocycles. The quantitative estimate of drug-likeness (QED) is 0.789. The summed E-state index contributed by atoms with van der Waals surface area (Å²) in [4.78, 5) is 16.5. The Morgan fingerprint density at radius 3 is 2.50 bits per heavy atom. The lowest BCUT2D eigenvalue weighted by molar-refractivity contribution is -0.121. The fraction of sp³-hybridized carbons (Fsp3) is 0.353.